The molecule has 0 aromatic heterocycles. The molecule has 1 atom stereocenters. The topological polar surface area (TPSA) is 47.3 Å². The van der Waals surface area contributed by atoms with Gasteiger partial charge in [0.1, 0.15) is 5.75 Å². The van der Waals surface area contributed by atoms with Crippen molar-refractivity contribution in [2.75, 3.05) is 25.5 Å². The first kappa shape index (κ1) is 13.8. The van der Waals surface area contributed by atoms with E-state index in [9.17, 15) is 0 Å². The van der Waals surface area contributed by atoms with Crippen LogP contribution in [0.5, 0.6) is 5.75 Å². The quantitative estimate of drug-likeness (QED) is 0.798. The van der Waals surface area contributed by atoms with E-state index in [4.69, 9.17) is 10.5 Å². The van der Waals surface area contributed by atoms with Crippen molar-refractivity contribution in [3.63, 3.8) is 0 Å². The molecule has 3 heteroatoms. The molecular formula is C14H24N2O. The third kappa shape index (κ3) is 3.93. The minimum Gasteiger partial charge on any atom is -0.495 e. The van der Waals surface area contributed by atoms with Crippen LogP contribution >= 0.6 is 0 Å². The Bertz CT molecular complexity index is 363. The van der Waals surface area contributed by atoms with Crippen molar-refractivity contribution >= 4 is 5.69 Å². The van der Waals surface area contributed by atoms with Gasteiger partial charge in [0.25, 0.3) is 0 Å². The molecule has 0 amide bonds. The van der Waals surface area contributed by atoms with Gasteiger partial charge < -0.3 is 15.8 Å². The Morgan fingerprint density at radius 3 is 2.53 bits per heavy atom. The number of methoxy groups -OCH3 is 1. The van der Waals surface area contributed by atoms with E-state index in [1.165, 1.54) is 11.1 Å². The first-order chi connectivity index (χ1) is 8.08. The molecule has 96 valence electrons. The summed E-state index contributed by atoms with van der Waals surface area (Å²) in [5.74, 6) is 1.47. The molecule has 3 N–H and O–H groups in total. The van der Waals surface area contributed by atoms with Gasteiger partial charge >= 0.3 is 0 Å². The Morgan fingerprint density at radius 1 is 1.29 bits per heavy atom. The van der Waals surface area contributed by atoms with E-state index in [2.05, 4.69) is 38.2 Å². The molecule has 17 heavy (non-hydrogen) atoms. The summed E-state index contributed by atoms with van der Waals surface area (Å²) in [6, 6.07) is 4.21. The van der Waals surface area contributed by atoms with Crippen LogP contribution < -0.4 is 15.8 Å². The highest BCUT2D eigenvalue weighted by molar-refractivity contribution is 5.59. The number of nitrogens with two attached hydrogens (primary N) is 1. The van der Waals surface area contributed by atoms with Crippen molar-refractivity contribution in [1.29, 1.82) is 0 Å². The van der Waals surface area contributed by atoms with E-state index in [-0.39, 0.29) is 0 Å². The Balaban J connectivity index is 2.66. The number of nitrogens with one attached hydrogen (secondary N) is 1. The van der Waals surface area contributed by atoms with Crippen LogP contribution in [0.25, 0.3) is 0 Å². The zero-order valence-electron chi connectivity index (χ0n) is 11.3. The Kier molecular flexibility index (Phi) is 5.29. The van der Waals surface area contributed by atoms with E-state index in [1.54, 1.807) is 7.11 Å². The maximum absolute atomic E-state index is 5.60. The molecular weight excluding hydrogens is 212 g/mol. The maximum Gasteiger partial charge on any atom is 0.142 e. The molecule has 1 aromatic carbocycles. The lowest BCUT2D eigenvalue weighted by Gasteiger charge is -2.15. The smallest absolute Gasteiger partial charge is 0.142 e. The third-order valence-electron chi connectivity index (χ3n) is 3.17. The first-order valence-electron chi connectivity index (χ1n) is 6.17. The predicted octanol–water partition coefficient (Wildman–Crippen LogP) is 2.71. The SMILES string of the molecule is COc1cc(C)c(C)cc1NCCC(C)CN. The van der Waals surface area contributed by atoms with Crippen LogP contribution in [0.15, 0.2) is 12.1 Å². The highest BCUT2D eigenvalue weighted by atomic mass is 16.5. The average Bonchev–Trinajstić information content (AvgIpc) is 2.32. The highest BCUT2D eigenvalue weighted by Gasteiger charge is 2.06. The largest absolute Gasteiger partial charge is 0.495 e. The number of rotatable bonds is 6. The zero-order valence-corrected chi connectivity index (χ0v) is 11.3. The van der Waals surface area contributed by atoms with E-state index in [0.29, 0.717) is 5.92 Å². The molecule has 0 saturated heterocycles. The Hall–Kier alpha value is -1.22. The summed E-state index contributed by atoms with van der Waals surface area (Å²) < 4.78 is 5.38. The second-order valence-corrected chi connectivity index (χ2v) is 4.69. The number of benzene rings is 1. The monoisotopic (exact) mass is 236 g/mol. The van der Waals surface area contributed by atoms with Gasteiger partial charge in [0.15, 0.2) is 0 Å². The van der Waals surface area contributed by atoms with Crippen molar-refractivity contribution in [2.24, 2.45) is 11.7 Å². The van der Waals surface area contributed by atoms with Gasteiger partial charge in [-0.2, -0.15) is 0 Å². The minimum atomic E-state index is 0.556. The number of aryl methyl sites for hydroxylation is 2. The second-order valence-electron chi connectivity index (χ2n) is 4.69. The number of hydrogen-bond acceptors (Lipinski definition) is 3. The van der Waals surface area contributed by atoms with Crippen LogP contribution in [0.1, 0.15) is 24.5 Å². The second kappa shape index (κ2) is 6.50. The predicted molar refractivity (Wildman–Crippen MR) is 73.8 cm³/mol. The molecule has 0 aliphatic carbocycles. The Morgan fingerprint density at radius 2 is 1.94 bits per heavy atom. The molecule has 0 saturated carbocycles. The number of anilines is 1. The molecule has 1 aromatic rings. The van der Waals surface area contributed by atoms with Gasteiger partial charge in [0.05, 0.1) is 12.8 Å². The fourth-order valence-electron chi connectivity index (χ4n) is 1.67. The van der Waals surface area contributed by atoms with E-state index in [0.717, 1.165) is 30.9 Å². The van der Waals surface area contributed by atoms with Crippen molar-refractivity contribution in [2.45, 2.75) is 27.2 Å². The molecule has 0 fully saturated rings. The van der Waals surface area contributed by atoms with Gasteiger partial charge in [-0.3, -0.25) is 0 Å². The van der Waals surface area contributed by atoms with Gasteiger partial charge in [-0.25, -0.2) is 0 Å². The number of hydrogen-bond donors (Lipinski definition) is 2. The molecule has 0 aliphatic rings. The third-order valence-corrected chi connectivity index (χ3v) is 3.17. The lowest BCUT2D eigenvalue weighted by atomic mass is 10.1. The van der Waals surface area contributed by atoms with Crippen molar-refractivity contribution in [3.05, 3.63) is 23.3 Å². The molecule has 0 aliphatic heterocycles. The van der Waals surface area contributed by atoms with Crippen molar-refractivity contribution < 1.29 is 4.74 Å². The van der Waals surface area contributed by atoms with E-state index >= 15 is 0 Å². The van der Waals surface area contributed by atoms with Gasteiger partial charge in [-0.05, 0) is 56.0 Å². The maximum atomic E-state index is 5.60. The molecule has 0 bridgehead atoms. The summed E-state index contributed by atoms with van der Waals surface area (Å²) in [5, 5.41) is 3.42. The summed E-state index contributed by atoms with van der Waals surface area (Å²) in [6.45, 7) is 8.04. The molecule has 0 radical (unpaired) electrons. The van der Waals surface area contributed by atoms with Gasteiger partial charge in [-0.15, -0.1) is 0 Å². The minimum absolute atomic E-state index is 0.556. The molecule has 3 nitrogen and oxygen atoms in total. The summed E-state index contributed by atoms with van der Waals surface area (Å²) in [6.07, 6.45) is 1.08. The highest BCUT2D eigenvalue weighted by Crippen LogP contribution is 2.27. The van der Waals surface area contributed by atoms with E-state index < -0.39 is 0 Å². The molecule has 1 unspecified atom stereocenters. The fourth-order valence-corrected chi connectivity index (χ4v) is 1.67. The summed E-state index contributed by atoms with van der Waals surface area (Å²) in [4.78, 5) is 0. The fraction of sp³-hybridized carbons (Fsp3) is 0.571. The van der Waals surface area contributed by atoms with E-state index in [1.807, 2.05) is 0 Å². The normalized spacial score (nSPS) is 12.3. The van der Waals surface area contributed by atoms with Crippen molar-refractivity contribution in [1.82, 2.24) is 0 Å². The summed E-state index contributed by atoms with van der Waals surface area (Å²) in [5.41, 5.74) is 9.20. The standard InChI is InChI=1S/C14H24N2O/c1-10(9-15)5-6-16-13-7-11(2)12(3)8-14(13)17-4/h7-8,10,16H,5-6,9,15H2,1-4H3. The first-order valence-corrected chi connectivity index (χ1v) is 6.17. The molecule has 0 spiro atoms. The molecule has 1 rings (SSSR count). The van der Waals surface area contributed by atoms with Gasteiger partial charge in [0, 0.05) is 6.54 Å². The summed E-state index contributed by atoms with van der Waals surface area (Å²) >= 11 is 0. The van der Waals surface area contributed by atoms with Crippen LogP contribution in [-0.2, 0) is 0 Å². The lowest BCUT2D eigenvalue weighted by Crippen LogP contribution is -2.15. The van der Waals surface area contributed by atoms with Crippen LogP contribution in [0.2, 0.25) is 0 Å². The van der Waals surface area contributed by atoms with Gasteiger partial charge in [0.2, 0.25) is 0 Å². The van der Waals surface area contributed by atoms with Crippen molar-refractivity contribution in [3.8, 4) is 5.75 Å². The number of ether oxygens (including phenoxy) is 1. The summed E-state index contributed by atoms with van der Waals surface area (Å²) in [7, 11) is 1.71. The Labute approximate surface area is 104 Å². The van der Waals surface area contributed by atoms with Crippen LogP contribution in [0.3, 0.4) is 0 Å². The average molecular weight is 236 g/mol. The molecule has 0 heterocycles. The van der Waals surface area contributed by atoms with Crippen LogP contribution in [0, 0.1) is 19.8 Å². The van der Waals surface area contributed by atoms with Crippen LogP contribution in [-0.4, -0.2) is 20.2 Å². The zero-order chi connectivity index (χ0) is 12.8. The van der Waals surface area contributed by atoms with Gasteiger partial charge in [-0.1, -0.05) is 6.92 Å². The lowest BCUT2D eigenvalue weighted by molar-refractivity contribution is 0.416. The van der Waals surface area contributed by atoms with Crippen LogP contribution in [0.4, 0.5) is 5.69 Å².